The monoisotopic (exact) mass is 261 g/mol. The van der Waals surface area contributed by atoms with Gasteiger partial charge in [-0.25, -0.2) is 4.79 Å². The Bertz CT molecular complexity index is 398. The molecule has 3 nitrogen and oxygen atoms in total. The van der Waals surface area contributed by atoms with Crippen molar-refractivity contribution in [3.8, 4) is 0 Å². The second-order valence-electron chi connectivity index (χ2n) is 4.66. The van der Waals surface area contributed by atoms with Crippen LogP contribution in [0.2, 0.25) is 0 Å². The molecule has 1 aromatic carbocycles. The molecule has 0 spiro atoms. The summed E-state index contributed by atoms with van der Waals surface area (Å²) in [5, 5.41) is 0. The molecule has 0 atom stereocenters. The predicted octanol–water partition coefficient (Wildman–Crippen LogP) is 3.02. The van der Waals surface area contributed by atoms with Gasteiger partial charge in [0.25, 0.3) is 0 Å². The fourth-order valence-corrected chi connectivity index (χ4v) is 1.75. The van der Waals surface area contributed by atoms with E-state index in [9.17, 15) is 4.79 Å². The Hall–Kier alpha value is -1.61. The van der Waals surface area contributed by atoms with Crippen molar-refractivity contribution in [1.29, 1.82) is 0 Å². The number of nitrogens with zero attached hydrogens (tertiary/aromatic N) is 1. The Kier molecular flexibility index (Phi) is 6.90. The van der Waals surface area contributed by atoms with Crippen LogP contribution in [-0.2, 0) is 16.1 Å². The highest BCUT2D eigenvalue weighted by Gasteiger charge is 2.08. The Morgan fingerprint density at radius 2 is 2.00 bits per heavy atom. The van der Waals surface area contributed by atoms with Crippen molar-refractivity contribution in [2.45, 2.75) is 33.4 Å². The highest BCUT2D eigenvalue weighted by molar-refractivity contribution is 5.81. The highest BCUT2D eigenvalue weighted by Crippen LogP contribution is 2.07. The maximum absolute atomic E-state index is 11.2. The van der Waals surface area contributed by atoms with Gasteiger partial charge in [-0.1, -0.05) is 36.4 Å². The molecule has 0 heterocycles. The van der Waals surface area contributed by atoms with E-state index in [2.05, 4.69) is 30.9 Å². The van der Waals surface area contributed by atoms with Gasteiger partial charge in [-0.2, -0.15) is 0 Å². The van der Waals surface area contributed by atoms with Gasteiger partial charge < -0.3 is 4.74 Å². The normalized spacial score (nSPS) is 11.4. The van der Waals surface area contributed by atoms with E-state index in [-0.39, 0.29) is 5.97 Å². The summed E-state index contributed by atoms with van der Waals surface area (Å²) < 4.78 is 4.86. The van der Waals surface area contributed by atoms with Crippen LogP contribution in [0.15, 0.2) is 42.5 Å². The van der Waals surface area contributed by atoms with Gasteiger partial charge in [0, 0.05) is 25.2 Å². The second-order valence-corrected chi connectivity index (χ2v) is 4.66. The second kappa shape index (κ2) is 8.48. The van der Waals surface area contributed by atoms with Crippen molar-refractivity contribution < 1.29 is 9.53 Å². The van der Waals surface area contributed by atoms with Crippen LogP contribution in [0, 0.1) is 0 Å². The molecule has 0 aliphatic heterocycles. The summed E-state index contributed by atoms with van der Waals surface area (Å²) in [6.45, 7) is 8.15. The molecule has 0 amide bonds. The predicted molar refractivity (Wildman–Crippen MR) is 77.8 cm³/mol. The first-order valence-electron chi connectivity index (χ1n) is 6.74. The lowest BCUT2D eigenvalue weighted by Gasteiger charge is -2.25. The maximum Gasteiger partial charge on any atom is 0.330 e. The van der Waals surface area contributed by atoms with Gasteiger partial charge in [0.1, 0.15) is 0 Å². The minimum atomic E-state index is -0.272. The smallest absolute Gasteiger partial charge is 0.330 e. The van der Waals surface area contributed by atoms with Crippen LogP contribution in [0.4, 0.5) is 0 Å². The molecule has 0 N–H and O–H groups in total. The van der Waals surface area contributed by atoms with Gasteiger partial charge >= 0.3 is 5.97 Å². The largest absolute Gasteiger partial charge is 0.463 e. The minimum Gasteiger partial charge on any atom is -0.463 e. The minimum absolute atomic E-state index is 0.272. The molecule has 0 saturated carbocycles. The molecule has 0 aliphatic rings. The van der Waals surface area contributed by atoms with Crippen LogP contribution in [-0.4, -0.2) is 30.1 Å². The number of hydrogen-bond donors (Lipinski definition) is 0. The van der Waals surface area contributed by atoms with Gasteiger partial charge in [0.05, 0.1) is 6.61 Å². The van der Waals surface area contributed by atoms with Crippen molar-refractivity contribution in [3.63, 3.8) is 0 Å². The summed E-state index contributed by atoms with van der Waals surface area (Å²) in [4.78, 5) is 13.5. The third-order valence-corrected chi connectivity index (χ3v) is 2.84. The molecule has 0 bridgehead atoms. The summed E-state index contributed by atoms with van der Waals surface area (Å²) in [5.41, 5.74) is 1.28. The topological polar surface area (TPSA) is 29.5 Å². The van der Waals surface area contributed by atoms with E-state index in [1.54, 1.807) is 0 Å². The SMILES string of the molecule is CCOC(=O)/C=C/CN(Cc1ccccc1)C(C)C. The van der Waals surface area contributed by atoms with Gasteiger partial charge in [-0.15, -0.1) is 0 Å². The number of benzene rings is 1. The summed E-state index contributed by atoms with van der Waals surface area (Å²) in [6, 6.07) is 10.8. The molecule has 0 fully saturated rings. The first kappa shape index (κ1) is 15.4. The van der Waals surface area contributed by atoms with Crippen LogP contribution >= 0.6 is 0 Å². The number of carbonyl (C=O) groups excluding carboxylic acids is 1. The lowest BCUT2D eigenvalue weighted by molar-refractivity contribution is -0.137. The van der Waals surface area contributed by atoms with Crippen molar-refractivity contribution >= 4 is 5.97 Å². The van der Waals surface area contributed by atoms with Crippen molar-refractivity contribution in [2.75, 3.05) is 13.2 Å². The molecule has 1 aromatic rings. The molecule has 0 aliphatic carbocycles. The lowest BCUT2D eigenvalue weighted by atomic mass is 10.2. The van der Waals surface area contributed by atoms with E-state index in [0.717, 1.165) is 13.1 Å². The Morgan fingerprint density at radius 1 is 1.32 bits per heavy atom. The Morgan fingerprint density at radius 3 is 2.58 bits per heavy atom. The van der Waals surface area contributed by atoms with Crippen LogP contribution < -0.4 is 0 Å². The third-order valence-electron chi connectivity index (χ3n) is 2.84. The van der Waals surface area contributed by atoms with Gasteiger partial charge in [0.2, 0.25) is 0 Å². The molecule has 0 saturated heterocycles. The molecule has 0 unspecified atom stereocenters. The third kappa shape index (κ3) is 6.20. The first-order valence-corrected chi connectivity index (χ1v) is 6.74. The number of ether oxygens (including phenoxy) is 1. The zero-order valence-electron chi connectivity index (χ0n) is 12.0. The molecular weight excluding hydrogens is 238 g/mol. The van der Waals surface area contributed by atoms with Crippen LogP contribution in [0.5, 0.6) is 0 Å². The van der Waals surface area contributed by atoms with Gasteiger partial charge in [-0.3, -0.25) is 4.90 Å². The van der Waals surface area contributed by atoms with E-state index >= 15 is 0 Å². The quantitative estimate of drug-likeness (QED) is 0.558. The van der Waals surface area contributed by atoms with Crippen molar-refractivity contribution in [3.05, 3.63) is 48.0 Å². The average Bonchev–Trinajstić information content (AvgIpc) is 2.39. The zero-order valence-corrected chi connectivity index (χ0v) is 12.0. The molecular formula is C16H23NO2. The Balaban J connectivity index is 2.52. The molecule has 104 valence electrons. The van der Waals surface area contributed by atoms with Gasteiger partial charge in [-0.05, 0) is 26.3 Å². The van der Waals surface area contributed by atoms with Crippen LogP contribution in [0.25, 0.3) is 0 Å². The van der Waals surface area contributed by atoms with Crippen molar-refractivity contribution in [2.24, 2.45) is 0 Å². The van der Waals surface area contributed by atoms with E-state index in [1.165, 1.54) is 11.6 Å². The number of hydrogen-bond acceptors (Lipinski definition) is 3. The van der Waals surface area contributed by atoms with E-state index in [0.29, 0.717) is 12.6 Å². The fraction of sp³-hybridized carbons (Fsp3) is 0.438. The zero-order chi connectivity index (χ0) is 14.1. The summed E-state index contributed by atoms with van der Waals surface area (Å²) in [5.74, 6) is -0.272. The Labute approximate surface area is 115 Å². The summed E-state index contributed by atoms with van der Waals surface area (Å²) in [6.07, 6.45) is 3.37. The highest BCUT2D eigenvalue weighted by atomic mass is 16.5. The molecule has 0 aromatic heterocycles. The molecule has 0 radical (unpaired) electrons. The van der Waals surface area contributed by atoms with E-state index in [4.69, 9.17) is 4.74 Å². The van der Waals surface area contributed by atoms with E-state index in [1.807, 2.05) is 31.2 Å². The van der Waals surface area contributed by atoms with Gasteiger partial charge in [0.15, 0.2) is 0 Å². The number of rotatable bonds is 7. The summed E-state index contributed by atoms with van der Waals surface area (Å²) >= 11 is 0. The van der Waals surface area contributed by atoms with Crippen molar-refractivity contribution in [1.82, 2.24) is 4.90 Å². The van der Waals surface area contributed by atoms with Crippen LogP contribution in [0.3, 0.4) is 0 Å². The average molecular weight is 261 g/mol. The van der Waals surface area contributed by atoms with E-state index < -0.39 is 0 Å². The summed E-state index contributed by atoms with van der Waals surface area (Å²) in [7, 11) is 0. The maximum atomic E-state index is 11.2. The fourth-order valence-electron chi connectivity index (χ4n) is 1.75. The number of carbonyl (C=O) groups is 1. The first-order chi connectivity index (χ1) is 9.13. The number of esters is 1. The van der Waals surface area contributed by atoms with Crippen LogP contribution in [0.1, 0.15) is 26.3 Å². The standard InChI is InChI=1S/C16H23NO2/c1-4-19-16(18)11-8-12-17(14(2)3)13-15-9-6-5-7-10-15/h5-11,14H,4,12-13H2,1-3H3/b11-8+. The molecule has 3 heteroatoms. The lowest BCUT2D eigenvalue weighted by Crippen LogP contribution is -2.30. The molecule has 19 heavy (non-hydrogen) atoms. The molecule has 1 rings (SSSR count).